The minimum atomic E-state index is -0.0856. The molecule has 0 radical (unpaired) electrons. The second-order valence-corrected chi connectivity index (χ2v) is 16.0. The minimum Gasteiger partial charge on any atom is -0.0625 e. The molecule has 37 heavy (non-hydrogen) atoms. The molecule has 1 heteroatoms. The highest BCUT2D eigenvalue weighted by Crippen LogP contribution is 2.47. The maximum absolute atomic E-state index is 2.45. The molecule has 0 aliphatic heterocycles. The van der Waals surface area contributed by atoms with Crippen LogP contribution in [0.25, 0.3) is 0 Å². The first-order valence-electron chi connectivity index (χ1n) is 14.6. The summed E-state index contributed by atoms with van der Waals surface area (Å²) >= 11 is 0. The van der Waals surface area contributed by atoms with E-state index < -0.39 is 0 Å². The van der Waals surface area contributed by atoms with Gasteiger partial charge in [0.05, 0.1) is 10.9 Å². The number of hydrogen-bond acceptors (Lipinski definition) is 0. The Morgan fingerprint density at radius 2 is 0.892 bits per heavy atom. The van der Waals surface area contributed by atoms with Gasteiger partial charge >= 0.3 is 0 Å². The van der Waals surface area contributed by atoms with Crippen molar-refractivity contribution in [3.05, 3.63) is 90.0 Å². The summed E-state index contributed by atoms with van der Waals surface area (Å²) in [6.07, 6.45) is 7.97. The standard InChI is InChI=1S/C36H47S/c1-26-20-30(24-35(3,4)22-26)28-12-16-33(17-13-28)37(32-10-8-7-9-11-32)34-18-14-29(15-19-34)31-21-27(2)23-36(5,6)25-31/h7-19,26-27,30-31H,20-25H2,1-6H3/q+1. The van der Waals surface area contributed by atoms with Gasteiger partial charge in [-0.1, -0.05) is 84.0 Å². The molecule has 0 amide bonds. The van der Waals surface area contributed by atoms with Gasteiger partial charge in [-0.25, -0.2) is 0 Å². The molecule has 4 atom stereocenters. The van der Waals surface area contributed by atoms with E-state index in [0.717, 1.165) is 11.8 Å². The molecule has 0 bridgehead atoms. The maximum Gasteiger partial charge on any atom is 0.166 e. The van der Waals surface area contributed by atoms with Crippen LogP contribution in [0.15, 0.2) is 93.5 Å². The van der Waals surface area contributed by atoms with Crippen molar-refractivity contribution in [2.75, 3.05) is 0 Å². The van der Waals surface area contributed by atoms with E-state index in [-0.39, 0.29) is 10.9 Å². The van der Waals surface area contributed by atoms with Crippen molar-refractivity contribution >= 4 is 10.9 Å². The number of rotatable bonds is 5. The first kappa shape index (κ1) is 26.6. The summed E-state index contributed by atoms with van der Waals surface area (Å²) in [6, 6.07) is 30.6. The van der Waals surface area contributed by atoms with E-state index in [0.29, 0.717) is 22.7 Å². The molecule has 3 aromatic rings. The fraction of sp³-hybridized carbons (Fsp3) is 0.500. The van der Waals surface area contributed by atoms with Gasteiger partial charge in [0.1, 0.15) is 0 Å². The Bertz CT molecular complexity index is 1080. The van der Waals surface area contributed by atoms with E-state index >= 15 is 0 Å². The second-order valence-electron chi connectivity index (χ2n) is 14.0. The predicted molar refractivity (Wildman–Crippen MR) is 161 cm³/mol. The van der Waals surface area contributed by atoms with Gasteiger partial charge in [-0.2, -0.15) is 0 Å². The Balaban J connectivity index is 1.42. The molecule has 5 rings (SSSR count). The zero-order chi connectivity index (χ0) is 26.2. The van der Waals surface area contributed by atoms with Gasteiger partial charge in [-0.05, 0) is 121 Å². The molecule has 196 valence electrons. The van der Waals surface area contributed by atoms with Crippen LogP contribution in [0, 0.1) is 22.7 Å². The molecule has 0 N–H and O–H groups in total. The molecule has 2 fully saturated rings. The smallest absolute Gasteiger partial charge is 0.0625 e. The van der Waals surface area contributed by atoms with Crippen LogP contribution >= 0.6 is 0 Å². The van der Waals surface area contributed by atoms with Gasteiger partial charge in [-0.15, -0.1) is 0 Å². The zero-order valence-electron chi connectivity index (χ0n) is 24.0. The summed E-state index contributed by atoms with van der Waals surface area (Å²) in [6.45, 7) is 14.7. The summed E-state index contributed by atoms with van der Waals surface area (Å²) in [7, 11) is -0.0856. The topological polar surface area (TPSA) is 0 Å². The van der Waals surface area contributed by atoms with Crippen molar-refractivity contribution in [2.45, 2.75) is 107 Å². The lowest BCUT2D eigenvalue weighted by Crippen LogP contribution is -2.26. The number of benzene rings is 3. The number of hydrogen-bond donors (Lipinski definition) is 0. The summed E-state index contributed by atoms with van der Waals surface area (Å²) in [5.74, 6) is 2.99. The molecule has 4 unspecified atom stereocenters. The average molecular weight is 512 g/mol. The van der Waals surface area contributed by atoms with E-state index in [1.807, 2.05) is 0 Å². The molecular formula is C36H47S+. The highest BCUT2D eigenvalue weighted by molar-refractivity contribution is 7.97. The zero-order valence-corrected chi connectivity index (χ0v) is 24.8. The van der Waals surface area contributed by atoms with Crippen LogP contribution < -0.4 is 0 Å². The summed E-state index contributed by atoms with van der Waals surface area (Å²) < 4.78 is 0. The van der Waals surface area contributed by atoms with Crippen molar-refractivity contribution in [2.24, 2.45) is 22.7 Å². The molecule has 0 spiro atoms. The SMILES string of the molecule is CC1CC(c2ccc([S+](c3ccccc3)c3ccc(C4CC(C)CC(C)(C)C4)cc3)cc2)CC(C)(C)C1. The molecule has 2 saturated carbocycles. The maximum atomic E-state index is 2.45. The van der Waals surface area contributed by atoms with Crippen LogP contribution in [-0.4, -0.2) is 0 Å². The third kappa shape index (κ3) is 6.36. The van der Waals surface area contributed by atoms with Crippen LogP contribution in [0.4, 0.5) is 0 Å². The fourth-order valence-corrected chi connectivity index (χ4v) is 9.98. The van der Waals surface area contributed by atoms with Crippen LogP contribution in [0.2, 0.25) is 0 Å². The van der Waals surface area contributed by atoms with E-state index in [1.54, 1.807) is 0 Å². The highest BCUT2D eigenvalue weighted by Gasteiger charge is 2.35. The lowest BCUT2D eigenvalue weighted by atomic mass is 9.66. The predicted octanol–water partition coefficient (Wildman–Crippen LogP) is 10.6. The Hall–Kier alpha value is -1.99. The molecule has 2 aliphatic rings. The van der Waals surface area contributed by atoms with Crippen LogP contribution in [0.3, 0.4) is 0 Å². The normalized spacial score (nSPS) is 27.9. The summed E-state index contributed by atoms with van der Waals surface area (Å²) in [5, 5.41) is 0. The fourth-order valence-electron chi connectivity index (χ4n) is 7.92. The Labute approximate surface area is 229 Å². The minimum absolute atomic E-state index is 0.0856. The lowest BCUT2D eigenvalue weighted by Gasteiger charge is -2.39. The Kier molecular flexibility index (Phi) is 7.65. The van der Waals surface area contributed by atoms with Crippen molar-refractivity contribution in [1.82, 2.24) is 0 Å². The molecule has 3 aromatic carbocycles. The third-order valence-corrected chi connectivity index (χ3v) is 11.2. The van der Waals surface area contributed by atoms with Crippen molar-refractivity contribution in [3.63, 3.8) is 0 Å². The summed E-state index contributed by atoms with van der Waals surface area (Å²) in [4.78, 5) is 4.26. The molecule has 0 saturated heterocycles. The van der Waals surface area contributed by atoms with E-state index in [1.165, 1.54) is 64.3 Å². The first-order valence-corrected chi connectivity index (χ1v) is 15.8. The molecule has 0 heterocycles. The van der Waals surface area contributed by atoms with Gasteiger partial charge in [0.15, 0.2) is 14.7 Å². The third-order valence-electron chi connectivity index (χ3n) is 8.93. The van der Waals surface area contributed by atoms with Gasteiger partial charge in [-0.3, -0.25) is 0 Å². The van der Waals surface area contributed by atoms with Crippen LogP contribution in [-0.2, 0) is 10.9 Å². The van der Waals surface area contributed by atoms with Crippen molar-refractivity contribution in [3.8, 4) is 0 Å². The molecule has 0 nitrogen and oxygen atoms in total. The first-order chi connectivity index (χ1) is 17.6. The summed E-state index contributed by atoms with van der Waals surface area (Å²) in [5.41, 5.74) is 3.96. The van der Waals surface area contributed by atoms with Gasteiger partial charge in [0.25, 0.3) is 0 Å². The van der Waals surface area contributed by atoms with Gasteiger partial charge < -0.3 is 0 Å². The van der Waals surface area contributed by atoms with Crippen molar-refractivity contribution in [1.29, 1.82) is 0 Å². The van der Waals surface area contributed by atoms with Crippen LogP contribution in [0.1, 0.15) is 103 Å². The van der Waals surface area contributed by atoms with E-state index in [9.17, 15) is 0 Å². The van der Waals surface area contributed by atoms with Crippen LogP contribution in [0.5, 0.6) is 0 Å². The molecular weight excluding hydrogens is 464 g/mol. The highest BCUT2D eigenvalue weighted by atomic mass is 32.2. The quantitative estimate of drug-likeness (QED) is 0.299. The Morgan fingerprint density at radius 1 is 0.514 bits per heavy atom. The average Bonchev–Trinajstić information content (AvgIpc) is 2.83. The lowest BCUT2D eigenvalue weighted by molar-refractivity contribution is 0.168. The largest absolute Gasteiger partial charge is 0.166 e. The van der Waals surface area contributed by atoms with E-state index in [2.05, 4.69) is 120 Å². The molecule has 2 aliphatic carbocycles. The Morgan fingerprint density at radius 3 is 1.27 bits per heavy atom. The van der Waals surface area contributed by atoms with Gasteiger partial charge in [0.2, 0.25) is 0 Å². The van der Waals surface area contributed by atoms with Gasteiger partial charge in [0, 0.05) is 0 Å². The second kappa shape index (κ2) is 10.6. The monoisotopic (exact) mass is 511 g/mol. The molecule has 0 aromatic heterocycles. The van der Waals surface area contributed by atoms with E-state index in [4.69, 9.17) is 0 Å². The van der Waals surface area contributed by atoms with Crippen molar-refractivity contribution < 1.29 is 0 Å².